The fourth-order valence-electron chi connectivity index (χ4n) is 4.57. The summed E-state index contributed by atoms with van der Waals surface area (Å²) in [5.41, 5.74) is 4.04. The molecule has 142 valence electrons. The monoisotopic (exact) mass is 363 g/mol. The number of fused-ring (bicyclic) bond motifs is 1. The molecule has 0 amide bonds. The molecular weight excluding hydrogens is 334 g/mol. The Bertz CT molecular complexity index is 930. The third-order valence-electron chi connectivity index (χ3n) is 5.94. The second-order valence-corrected chi connectivity index (χ2v) is 7.86. The molecule has 2 atom stereocenters. The lowest BCUT2D eigenvalue weighted by Crippen LogP contribution is -2.34. The number of benzene rings is 2. The van der Waals surface area contributed by atoms with E-state index in [0.717, 1.165) is 25.4 Å². The van der Waals surface area contributed by atoms with Crippen molar-refractivity contribution in [2.45, 2.75) is 18.5 Å². The third kappa shape index (κ3) is 3.35. The van der Waals surface area contributed by atoms with Crippen molar-refractivity contribution >= 4 is 10.9 Å². The molecule has 0 spiro atoms. The minimum atomic E-state index is 0.501. The molecule has 0 radical (unpaired) electrons. The quantitative estimate of drug-likeness (QED) is 0.689. The van der Waals surface area contributed by atoms with Crippen LogP contribution in [0.25, 0.3) is 10.9 Å². The molecule has 2 aromatic carbocycles. The standard InChI is InChI=1S/C23H29N3O/c1-24(2)22-16-26(13-17-9-5-8-12-23(17)27-4)15-20(22)19-14-25(3)21-11-7-6-10-18(19)21/h5-12,14,20,22H,13,15-16H2,1-4H3. The average Bonchev–Trinajstić information content (AvgIpc) is 3.24. The lowest BCUT2D eigenvalue weighted by molar-refractivity contribution is 0.258. The predicted molar refractivity (Wildman–Crippen MR) is 111 cm³/mol. The molecule has 1 aromatic heterocycles. The lowest BCUT2D eigenvalue weighted by Gasteiger charge is -2.25. The molecule has 0 aliphatic carbocycles. The number of aromatic nitrogens is 1. The number of hydrogen-bond donors (Lipinski definition) is 0. The van der Waals surface area contributed by atoms with E-state index in [-0.39, 0.29) is 0 Å². The van der Waals surface area contributed by atoms with Gasteiger partial charge in [-0.3, -0.25) is 4.90 Å². The average molecular weight is 364 g/mol. The first-order chi connectivity index (χ1) is 13.1. The van der Waals surface area contributed by atoms with E-state index in [4.69, 9.17) is 4.74 Å². The maximum Gasteiger partial charge on any atom is 0.123 e. The number of likely N-dealkylation sites (N-methyl/N-ethyl adjacent to an activating group) is 1. The Morgan fingerprint density at radius 3 is 2.56 bits per heavy atom. The smallest absolute Gasteiger partial charge is 0.123 e. The van der Waals surface area contributed by atoms with Crippen LogP contribution in [0.3, 0.4) is 0 Å². The molecule has 0 N–H and O–H groups in total. The van der Waals surface area contributed by atoms with E-state index < -0.39 is 0 Å². The fourth-order valence-corrected chi connectivity index (χ4v) is 4.57. The molecule has 4 nitrogen and oxygen atoms in total. The van der Waals surface area contributed by atoms with Crippen LogP contribution in [0.4, 0.5) is 0 Å². The molecule has 0 bridgehead atoms. The number of para-hydroxylation sites is 2. The van der Waals surface area contributed by atoms with Crippen molar-refractivity contribution < 1.29 is 4.74 Å². The second kappa shape index (κ2) is 7.37. The number of nitrogens with zero attached hydrogens (tertiary/aromatic N) is 3. The van der Waals surface area contributed by atoms with Gasteiger partial charge in [0, 0.05) is 61.3 Å². The fraction of sp³-hybridized carbons (Fsp3) is 0.391. The van der Waals surface area contributed by atoms with Crippen LogP contribution in [0.15, 0.2) is 54.7 Å². The molecule has 3 aromatic rings. The zero-order valence-electron chi connectivity index (χ0n) is 16.7. The van der Waals surface area contributed by atoms with Crippen molar-refractivity contribution in [2.75, 3.05) is 34.3 Å². The highest BCUT2D eigenvalue weighted by atomic mass is 16.5. The summed E-state index contributed by atoms with van der Waals surface area (Å²) in [4.78, 5) is 4.95. The molecule has 0 saturated carbocycles. The molecule has 4 heteroatoms. The van der Waals surface area contributed by atoms with Crippen molar-refractivity contribution in [3.05, 3.63) is 65.9 Å². The highest BCUT2D eigenvalue weighted by Gasteiger charge is 2.36. The van der Waals surface area contributed by atoms with Gasteiger partial charge in [-0.15, -0.1) is 0 Å². The summed E-state index contributed by atoms with van der Waals surface area (Å²) in [7, 11) is 8.31. The Hall–Kier alpha value is -2.30. The van der Waals surface area contributed by atoms with Crippen LogP contribution >= 0.6 is 0 Å². The highest BCUT2D eigenvalue weighted by molar-refractivity contribution is 5.84. The van der Waals surface area contributed by atoms with Gasteiger partial charge in [0.05, 0.1) is 7.11 Å². The number of methoxy groups -OCH3 is 1. The van der Waals surface area contributed by atoms with Gasteiger partial charge in [-0.2, -0.15) is 0 Å². The van der Waals surface area contributed by atoms with Crippen molar-refractivity contribution in [1.29, 1.82) is 0 Å². The molecule has 27 heavy (non-hydrogen) atoms. The van der Waals surface area contributed by atoms with Gasteiger partial charge < -0.3 is 14.2 Å². The first kappa shape index (κ1) is 18.1. The first-order valence-electron chi connectivity index (χ1n) is 9.63. The Balaban J connectivity index is 1.64. The molecule has 2 unspecified atom stereocenters. The summed E-state index contributed by atoms with van der Waals surface area (Å²) in [5, 5.41) is 1.39. The molecule has 1 aliphatic rings. The van der Waals surface area contributed by atoms with Gasteiger partial charge in [0.25, 0.3) is 0 Å². The van der Waals surface area contributed by atoms with E-state index >= 15 is 0 Å². The normalized spacial score (nSPS) is 20.6. The van der Waals surface area contributed by atoms with E-state index in [1.807, 2.05) is 6.07 Å². The van der Waals surface area contributed by atoms with E-state index in [1.54, 1.807) is 7.11 Å². The van der Waals surface area contributed by atoms with Gasteiger partial charge >= 0.3 is 0 Å². The van der Waals surface area contributed by atoms with E-state index in [0.29, 0.717) is 12.0 Å². The number of ether oxygens (including phenoxy) is 1. The second-order valence-electron chi connectivity index (χ2n) is 7.86. The minimum absolute atomic E-state index is 0.501. The summed E-state index contributed by atoms with van der Waals surface area (Å²) < 4.78 is 7.83. The Labute approximate surface area is 162 Å². The summed E-state index contributed by atoms with van der Waals surface area (Å²) in [6, 6.07) is 17.6. The van der Waals surface area contributed by atoms with Crippen molar-refractivity contribution in [3.63, 3.8) is 0 Å². The molecule has 1 fully saturated rings. The maximum absolute atomic E-state index is 5.56. The van der Waals surface area contributed by atoms with Crippen molar-refractivity contribution in [1.82, 2.24) is 14.4 Å². The summed E-state index contributed by atoms with van der Waals surface area (Å²) in [6.07, 6.45) is 2.33. The largest absolute Gasteiger partial charge is 0.496 e. The van der Waals surface area contributed by atoms with E-state index in [1.165, 1.54) is 22.0 Å². The Kier molecular flexibility index (Phi) is 4.94. The van der Waals surface area contributed by atoms with Crippen LogP contribution in [0, 0.1) is 0 Å². The number of rotatable bonds is 5. The van der Waals surface area contributed by atoms with Gasteiger partial charge in [0.15, 0.2) is 0 Å². The minimum Gasteiger partial charge on any atom is -0.496 e. The van der Waals surface area contributed by atoms with Crippen molar-refractivity contribution in [2.24, 2.45) is 7.05 Å². The summed E-state index contributed by atoms with van der Waals surface area (Å²) >= 11 is 0. The topological polar surface area (TPSA) is 20.6 Å². The Morgan fingerprint density at radius 2 is 1.78 bits per heavy atom. The van der Waals surface area contributed by atoms with Crippen LogP contribution < -0.4 is 4.74 Å². The first-order valence-corrected chi connectivity index (χ1v) is 9.63. The summed E-state index contributed by atoms with van der Waals surface area (Å²) in [5.74, 6) is 1.48. The Morgan fingerprint density at radius 1 is 1.04 bits per heavy atom. The predicted octanol–water partition coefficient (Wildman–Crippen LogP) is 3.72. The molecular formula is C23H29N3O. The van der Waals surface area contributed by atoms with Crippen LogP contribution in [-0.4, -0.2) is 54.7 Å². The van der Waals surface area contributed by atoms with Crippen LogP contribution in [-0.2, 0) is 13.6 Å². The third-order valence-corrected chi connectivity index (χ3v) is 5.94. The van der Waals surface area contributed by atoms with Crippen molar-refractivity contribution in [3.8, 4) is 5.75 Å². The SMILES string of the molecule is COc1ccccc1CN1CC(c2cn(C)c3ccccc23)C(N(C)C)C1. The number of likely N-dealkylation sites (tertiary alicyclic amines) is 1. The summed E-state index contributed by atoms with van der Waals surface area (Å²) in [6.45, 7) is 3.06. The van der Waals surface area contributed by atoms with Gasteiger partial charge in [-0.25, -0.2) is 0 Å². The van der Waals surface area contributed by atoms with Gasteiger partial charge in [0.1, 0.15) is 5.75 Å². The van der Waals surface area contributed by atoms with Gasteiger partial charge in [0.2, 0.25) is 0 Å². The molecule has 2 heterocycles. The molecule has 4 rings (SSSR count). The number of aryl methyl sites for hydroxylation is 1. The maximum atomic E-state index is 5.56. The molecule has 1 aliphatic heterocycles. The van der Waals surface area contributed by atoms with Crippen LogP contribution in [0.2, 0.25) is 0 Å². The zero-order chi connectivity index (χ0) is 19.0. The lowest BCUT2D eigenvalue weighted by atomic mass is 9.93. The van der Waals surface area contributed by atoms with E-state index in [2.05, 4.69) is 84.2 Å². The van der Waals surface area contributed by atoms with Gasteiger partial charge in [-0.1, -0.05) is 36.4 Å². The van der Waals surface area contributed by atoms with Gasteiger partial charge in [-0.05, 0) is 31.8 Å². The molecule has 1 saturated heterocycles. The number of hydrogen-bond acceptors (Lipinski definition) is 3. The van der Waals surface area contributed by atoms with Crippen LogP contribution in [0.1, 0.15) is 17.0 Å². The zero-order valence-corrected chi connectivity index (χ0v) is 16.7. The highest BCUT2D eigenvalue weighted by Crippen LogP contribution is 2.36. The van der Waals surface area contributed by atoms with E-state index in [9.17, 15) is 0 Å². The van der Waals surface area contributed by atoms with Crippen LogP contribution in [0.5, 0.6) is 5.75 Å².